The second-order valence-electron chi connectivity index (χ2n) is 8.09. The molecule has 3 aromatic rings. The van der Waals surface area contributed by atoms with Gasteiger partial charge in [0.1, 0.15) is 5.76 Å². The van der Waals surface area contributed by atoms with E-state index in [-0.39, 0.29) is 11.5 Å². The molecule has 0 saturated carbocycles. The minimum atomic E-state index is -0.336. The molecule has 0 atom stereocenters. The first-order valence-electron chi connectivity index (χ1n) is 10.2. The van der Waals surface area contributed by atoms with Gasteiger partial charge in [-0.2, -0.15) is 0 Å². The van der Waals surface area contributed by atoms with Gasteiger partial charge in [-0.25, -0.2) is 0 Å². The van der Waals surface area contributed by atoms with Gasteiger partial charge in [0.2, 0.25) is 0 Å². The molecule has 4 rings (SSSR count). The predicted octanol–water partition coefficient (Wildman–Crippen LogP) is 6.83. The van der Waals surface area contributed by atoms with Crippen LogP contribution >= 0.6 is 0 Å². The van der Waals surface area contributed by atoms with Crippen LogP contribution in [-0.2, 0) is 10.2 Å². The van der Waals surface area contributed by atoms with Crippen LogP contribution in [0.4, 0.5) is 0 Å². The summed E-state index contributed by atoms with van der Waals surface area (Å²) in [5.41, 5.74) is 6.12. The minimum absolute atomic E-state index is 0.124. The molecular formula is C27H28O. The first-order chi connectivity index (χ1) is 13.6. The molecule has 1 heteroatoms. The van der Waals surface area contributed by atoms with Gasteiger partial charge in [0.25, 0.3) is 0 Å². The zero-order chi connectivity index (χ0) is 19.7. The van der Waals surface area contributed by atoms with Gasteiger partial charge in [-0.3, -0.25) is 0 Å². The smallest absolute Gasteiger partial charge is 0.128 e. The SMILES string of the molecule is CC(C)OC1=C(C(C)C)C(c2ccccc2)(c2ccccc2)c2ccccc21. The third-order valence-corrected chi connectivity index (χ3v) is 5.57. The lowest BCUT2D eigenvalue weighted by molar-refractivity contribution is 0.201. The average molecular weight is 369 g/mol. The monoisotopic (exact) mass is 368 g/mol. The van der Waals surface area contributed by atoms with Crippen molar-refractivity contribution in [3.63, 3.8) is 0 Å². The molecule has 0 unspecified atom stereocenters. The molecule has 0 bridgehead atoms. The van der Waals surface area contributed by atoms with Crippen molar-refractivity contribution in [1.29, 1.82) is 0 Å². The fraction of sp³-hybridized carbons (Fsp3) is 0.259. The first kappa shape index (κ1) is 18.6. The van der Waals surface area contributed by atoms with E-state index in [4.69, 9.17) is 4.74 Å². The van der Waals surface area contributed by atoms with Crippen LogP contribution in [0.25, 0.3) is 5.76 Å². The van der Waals surface area contributed by atoms with Gasteiger partial charge in [-0.15, -0.1) is 0 Å². The molecule has 0 N–H and O–H groups in total. The third-order valence-electron chi connectivity index (χ3n) is 5.57. The summed E-state index contributed by atoms with van der Waals surface area (Å²) in [7, 11) is 0. The standard InChI is InChI=1S/C27H28O/c1-19(2)25-26(28-20(3)4)23-17-11-12-18-24(23)27(25,21-13-7-5-8-14-21)22-15-9-6-10-16-22/h5-20H,1-4H3. The zero-order valence-corrected chi connectivity index (χ0v) is 17.1. The Hall–Kier alpha value is -2.80. The quantitative estimate of drug-likeness (QED) is 0.480. The molecule has 1 nitrogen and oxygen atoms in total. The molecule has 1 aliphatic rings. The predicted molar refractivity (Wildman–Crippen MR) is 117 cm³/mol. The van der Waals surface area contributed by atoms with Crippen molar-refractivity contribution in [3.05, 3.63) is 113 Å². The first-order valence-corrected chi connectivity index (χ1v) is 10.2. The van der Waals surface area contributed by atoms with Gasteiger partial charge in [0.05, 0.1) is 11.5 Å². The molecular weight excluding hydrogens is 340 g/mol. The topological polar surface area (TPSA) is 9.23 Å². The molecule has 3 aromatic carbocycles. The van der Waals surface area contributed by atoms with Gasteiger partial charge in [-0.1, -0.05) is 98.8 Å². The lowest BCUT2D eigenvalue weighted by atomic mass is 9.64. The van der Waals surface area contributed by atoms with E-state index in [0.29, 0.717) is 5.92 Å². The number of hydrogen-bond donors (Lipinski definition) is 0. The highest BCUT2D eigenvalue weighted by Gasteiger charge is 2.49. The summed E-state index contributed by atoms with van der Waals surface area (Å²) in [6, 6.07) is 30.5. The molecule has 0 fully saturated rings. The fourth-order valence-electron chi connectivity index (χ4n) is 4.69. The van der Waals surface area contributed by atoms with Crippen LogP contribution < -0.4 is 0 Å². The van der Waals surface area contributed by atoms with E-state index in [0.717, 1.165) is 5.76 Å². The Kier molecular flexibility index (Phi) is 4.85. The van der Waals surface area contributed by atoms with Gasteiger partial charge in [0.15, 0.2) is 0 Å². The van der Waals surface area contributed by atoms with E-state index in [1.54, 1.807) is 0 Å². The van der Waals surface area contributed by atoms with Crippen molar-refractivity contribution in [2.45, 2.75) is 39.2 Å². The van der Waals surface area contributed by atoms with E-state index in [1.807, 2.05) is 0 Å². The highest BCUT2D eigenvalue weighted by atomic mass is 16.5. The van der Waals surface area contributed by atoms with Crippen molar-refractivity contribution < 1.29 is 4.74 Å². The zero-order valence-electron chi connectivity index (χ0n) is 17.1. The molecule has 0 saturated heterocycles. The summed E-state index contributed by atoms with van der Waals surface area (Å²) in [5.74, 6) is 1.38. The van der Waals surface area contributed by atoms with Crippen molar-refractivity contribution in [3.8, 4) is 0 Å². The Morgan fingerprint density at radius 2 is 1.14 bits per heavy atom. The lowest BCUT2D eigenvalue weighted by Crippen LogP contribution is -2.32. The maximum Gasteiger partial charge on any atom is 0.128 e. The maximum absolute atomic E-state index is 6.49. The summed E-state index contributed by atoms with van der Waals surface area (Å²) in [5, 5.41) is 0. The van der Waals surface area contributed by atoms with Crippen molar-refractivity contribution >= 4 is 5.76 Å². The Labute approximate surface area is 168 Å². The Bertz CT molecular complexity index is 942. The highest BCUT2D eigenvalue weighted by Crippen LogP contribution is 2.56. The van der Waals surface area contributed by atoms with E-state index in [2.05, 4.69) is 113 Å². The minimum Gasteiger partial charge on any atom is -0.490 e. The van der Waals surface area contributed by atoms with E-state index in [1.165, 1.54) is 27.8 Å². The number of rotatable bonds is 5. The van der Waals surface area contributed by atoms with Gasteiger partial charge < -0.3 is 4.74 Å². The molecule has 1 aliphatic carbocycles. The van der Waals surface area contributed by atoms with Crippen LogP contribution in [-0.4, -0.2) is 6.10 Å². The number of ether oxygens (including phenoxy) is 1. The van der Waals surface area contributed by atoms with Crippen molar-refractivity contribution in [2.75, 3.05) is 0 Å². The lowest BCUT2D eigenvalue weighted by Gasteiger charge is -2.37. The summed E-state index contributed by atoms with van der Waals surface area (Å²) in [6.45, 7) is 8.79. The van der Waals surface area contributed by atoms with E-state index in [9.17, 15) is 0 Å². The summed E-state index contributed by atoms with van der Waals surface area (Å²) in [4.78, 5) is 0. The second-order valence-corrected chi connectivity index (χ2v) is 8.09. The number of allylic oxidation sites excluding steroid dienone is 1. The molecule has 0 aromatic heterocycles. The van der Waals surface area contributed by atoms with E-state index < -0.39 is 0 Å². The fourth-order valence-corrected chi connectivity index (χ4v) is 4.69. The molecule has 0 spiro atoms. The number of fused-ring (bicyclic) bond motifs is 1. The second kappa shape index (κ2) is 7.31. The highest BCUT2D eigenvalue weighted by molar-refractivity contribution is 5.82. The van der Waals surface area contributed by atoms with Crippen LogP contribution in [0, 0.1) is 5.92 Å². The van der Waals surface area contributed by atoms with Crippen LogP contribution in [0.3, 0.4) is 0 Å². The molecule has 0 amide bonds. The summed E-state index contributed by atoms with van der Waals surface area (Å²) >= 11 is 0. The largest absolute Gasteiger partial charge is 0.490 e. The number of benzene rings is 3. The average Bonchev–Trinajstić information content (AvgIpc) is 3.00. The Balaban J connectivity index is 2.16. The van der Waals surface area contributed by atoms with Crippen molar-refractivity contribution in [1.82, 2.24) is 0 Å². The molecule has 0 heterocycles. The molecule has 28 heavy (non-hydrogen) atoms. The van der Waals surface area contributed by atoms with Crippen LogP contribution in [0.5, 0.6) is 0 Å². The Morgan fingerprint density at radius 3 is 1.64 bits per heavy atom. The third kappa shape index (κ3) is 2.77. The Morgan fingerprint density at radius 1 is 0.643 bits per heavy atom. The van der Waals surface area contributed by atoms with Crippen molar-refractivity contribution in [2.24, 2.45) is 5.92 Å². The number of hydrogen-bond acceptors (Lipinski definition) is 1. The maximum atomic E-state index is 6.49. The molecule has 0 aliphatic heterocycles. The molecule has 0 radical (unpaired) electrons. The van der Waals surface area contributed by atoms with Crippen LogP contribution in [0.1, 0.15) is 49.9 Å². The van der Waals surface area contributed by atoms with Gasteiger partial charge in [-0.05, 0) is 42.0 Å². The summed E-state index contributed by atoms with van der Waals surface area (Å²) < 4.78 is 6.49. The van der Waals surface area contributed by atoms with Gasteiger partial charge >= 0.3 is 0 Å². The summed E-state index contributed by atoms with van der Waals surface area (Å²) in [6.07, 6.45) is 0.124. The van der Waals surface area contributed by atoms with Crippen LogP contribution in [0.2, 0.25) is 0 Å². The van der Waals surface area contributed by atoms with Crippen LogP contribution in [0.15, 0.2) is 90.5 Å². The normalized spacial score (nSPS) is 15.2. The van der Waals surface area contributed by atoms with Gasteiger partial charge in [0, 0.05) is 5.56 Å². The molecule has 142 valence electrons. The van der Waals surface area contributed by atoms with E-state index >= 15 is 0 Å².